The Labute approximate surface area is 120 Å². The lowest BCUT2D eigenvalue weighted by Gasteiger charge is -2.12. The Morgan fingerprint density at radius 1 is 1.32 bits per heavy atom. The van der Waals surface area contributed by atoms with Crippen LogP contribution in [-0.4, -0.2) is 20.9 Å². The van der Waals surface area contributed by atoms with E-state index in [4.69, 9.17) is 11.6 Å². The smallest absolute Gasteiger partial charge is 0.220 e. The number of nitrogens with zero attached hydrogens (tertiary/aromatic N) is 3. The molecule has 2 aromatic rings. The highest BCUT2D eigenvalue weighted by atomic mass is 79.9. The van der Waals surface area contributed by atoms with E-state index in [9.17, 15) is 13.2 Å². The molecule has 102 valence electrons. The molecular formula is C11H8BrClF3N3. The van der Waals surface area contributed by atoms with Crippen LogP contribution in [0.2, 0.25) is 0 Å². The summed E-state index contributed by atoms with van der Waals surface area (Å²) in [5.41, 5.74) is -0.292. The number of rotatable bonds is 3. The van der Waals surface area contributed by atoms with Gasteiger partial charge in [-0.25, -0.2) is 4.68 Å². The average Bonchev–Trinajstić information content (AvgIpc) is 2.77. The predicted octanol–water partition coefficient (Wildman–Crippen LogP) is 3.83. The van der Waals surface area contributed by atoms with Crippen LogP contribution < -0.4 is 0 Å². The number of halogens is 5. The fourth-order valence-corrected chi connectivity index (χ4v) is 2.12. The maximum Gasteiger partial charge on any atom is 0.418 e. The molecule has 0 amide bonds. The third-order valence-corrected chi connectivity index (χ3v) is 3.08. The Morgan fingerprint density at radius 2 is 2.05 bits per heavy atom. The fraction of sp³-hybridized carbons (Fsp3) is 0.273. The second-order valence-corrected chi connectivity index (χ2v) is 5.05. The molecule has 1 aromatic carbocycles. The van der Waals surface area contributed by atoms with Crippen molar-refractivity contribution in [3.63, 3.8) is 0 Å². The Morgan fingerprint density at radius 3 is 2.68 bits per heavy atom. The van der Waals surface area contributed by atoms with Crippen LogP contribution in [0.25, 0.3) is 5.69 Å². The molecule has 0 unspecified atom stereocenters. The minimum Gasteiger partial charge on any atom is -0.220 e. The largest absolute Gasteiger partial charge is 0.418 e. The third kappa shape index (κ3) is 3.27. The van der Waals surface area contributed by atoms with Gasteiger partial charge in [0.25, 0.3) is 0 Å². The summed E-state index contributed by atoms with van der Waals surface area (Å²) in [6, 6.07) is 3.87. The fourth-order valence-electron chi connectivity index (χ4n) is 1.56. The quantitative estimate of drug-likeness (QED) is 0.784. The van der Waals surface area contributed by atoms with Crippen molar-refractivity contribution in [1.82, 2.24) is 15.0 Å². The van der Waals surface area contributed by atoms with Gasteiger partial charge >= 0.3 is 6.18 Å². The summed E-state index contributed by atoms with van der Waals surface area (Å²) in [7, 11) is 0. The molecular weight excluding hydrogens is 346 g/mol. The van der Waals surface area contributed by atoms with Gasteiger partial charge in [-0.2, -0.15) is 13.2 Å². The zero-order chi connectivity index (χ0) is 14.0. The molecule has 1 aromatic heterocycles. The van der Waals surface area contributed by atoms with E-state index in [-0.39, 0.29) is 5.69 Å². The summed E-state index contributed by atoms with van der Waals surface area (Å²) in [6.07, 6.45) is -2.56. The van der Waals surface area contributed by atoms with Crippen molar-refractivity contribution >= 4 is 27.5 Å². The monoisotopic (exact) mass is 353 g/mol. The van der Waals surface area contributed by atoms with Gasteiger partial charge in [-0.3, -0.25) is 0 Å². The van der Waals surface area contributed by atoms with Gasteiger partial charge in [0.1, 0.15) is 0 Å². The highest BCUT2D eigenvalue weighted by Crippen LogP contribution is 2.35. The lowest BCUT2D eigenvalue weighted by Crippen LogP contribution is -2.11. The van der Waals surface area contributed by atoms with E-state index in [0.29, 0.717) is 22.5 Å². The molecule has 2 rings (SSSR count). The van der Waals surface area contributed by atoms with E-state index in [1.54, 1.807) is 0 Å². The maximum atomic E-state index is 13.0. The van der Waals surface area contributed by atoms with E-state index < -0.39 is 11.7 Å². The Hall–Kier alpha value is -1.08. The van der Waals surface area contributed by atoms with E-state index >= 15 is 0 Å². The molecule has 0 atom stereocenters. The van der Waals surface area contributed by atoms with Gasteiger partial charge in [0.15, 0.2) is 0 Å². The van der Waals surface area contributed by atoms with Crippen LogP contribution in [0.3, 0.4) is 0 Å². The highest BCUT2D eigenvalue weighted by molar-refractivity contribution is 9.10. The van der Waals surface area contributed by atoms with E-state index in [1.165, 1.54) is 18.3 Å². The van der Waals surface area contributed by atoms with Gasteiger partial charge in [0, 0.05) is 16.8 Å². The van der Waals surface area contributed by atoms with Gasteiger partial charge in [0.05, 0.1) is 23.1 Å². The zero-order valence-electron chi connectivity index (χ0n) is 9.46. The van der Waals surface area contributed by atoms with Gasteiger partial charge in [-0.1, -0.05) is 21.1 Å². The lowest BCUT2D eigenvalue weighted by atomic mass is 10.1. The van der Waals surface area contributed by atoms with Gasteiger partial charge < -0.3 is 0 Å². The van der Waals surface area contributed by atoms with Crippen LogP contribution in [0.1, 0.15) is 11.3 Å². The van der Waals surface area contributed by atoms with Crippen LogP contribution in [0.15, 0.2) is 28.9 Å². The first-order valence-electron chi connectivity index (χ1n) is 5.26. The molecule has 0 saturated heterocycles. The summed E-state index contributed by atoms with van der Waals surface area (Å²) in [5, 5.41) is 7.48. The van der Waals surface area contributed by atoms with Crippen LogP contribution in [0, 0.1) is 0 Å². The SMILES string of the molecule is FC(F)(F)c1cc(Br)ccc1-n1cc(CCCl)nn1. The molecule has 1 heterocycles. The van der Waals surface area contributed by atoms with Crippen molar-refractivity contribution in [2.75, 3.05) is 5.88 Å². The second-order valence-electron chi connectivity index (χ2n) is 3.75. The molecule has 0 aliphatic carbocycles. The lowest BCUT2D eigenvalue weighted by molar-refractivity contribution is -0.137. The normalized spacial score (nSPS) is 11.8. The molecule has 0 bridgehead atoms. The van der Waals surface area contributed by atoms with Crippen molar-refractivity contribution in [3.8, 4) is 5.69 Å². The maximum absolute atomic E-state index is 13.0. The van der Waals surface area contributed by atoms with Crippen LogP contribution in [0.4, 0.5) is 13.2 Å². The highest BCUT2D eigenvalue weighted by Gasteiger charge is 2.34. The standard InChI is InChI=1S/C11H8BrClF3N3/c12-7-1-2-10(9(5-7)11(14,15)16)19-6-8(3-4-13)17-18-19/h1-2,5-6H,3-4H2. The summed E-state index contributed by atoms with van der Waals surface area (Å²) in [6.45, 7) is 0. The van der Waals surface area contributed by atoms with Crippen molar-refractivity contribution in [1.29, 1.82) is 0 Å². The average molecular weight is 355 g/mol. The Bertz CT molecular complexity index is 583. The second kappa shape index (κ2) is 5.50. The molecule has 0 N–H and O–H groups in total. The van der Waals surface area contributed by atoms with Crippen molar-refractivity contribution in [2.24, 2.45) is 0 Å². The van der Waals surface area contributed by atoms with E-state index in [2.05, 4.69) is 26.2 Å². The number of aryl methyl sites for hydroxylation is 1. The zero-order valence-corrected chi connectivity index (χ0v) is 11.8. The topological polar surface area (TPSA) is 30.7 Å². The van der Waals surface area contributed by atoms with Crippen LogP contribution >= 0.6 is 27.5 Å². The number of aromatic nitrogens is 3. The number of hydrogen-bond acceptors (Lipinski definition) is 2. The van der Waals surface area contributed by atoms with E-state index in [0.717, 1.165) is 10.7 Å². The van der Waals surface area contributed by atoms with E-state index in [1.807, 2.05) is 0 Å². The third-order valence-electron chi connectivity index (χ3n) is 2.40. The molecule has 0 saturated carbocycles. The minimum atomic E-state index is -4.46. The predicted molar refractivity (Wildman–Crippen MR) is 68.5 cm³/mol. The molecule has 0 aliphatic rings. The van der Waals surface area contributed by atoms with Crippen LogP contribution in [-0.2, 0) is 12.6 Å². The first kappa shape index (κ1) is 14.3. The molecule has 0 spiro atoms. The van der Waals surface area contributed by atoms with Crippen molar-refractivity contribution in [2.45, 2.75) is 12.6 Å². The van der Waals surface area contributed by atoms with Crippen LogP contribution in [0.5, 0.6) is 0 Å². The summed E-state index contributed by atoms with van der Waals surface area (Å²) >= 11 is 8.58. The summed E-state index contributed by atoms with van der Waals surface area (Å²) < 4.78 is 40.4. The number of hydrogen-bond donors (Lipinski definition) is 0. The number of alkyl halides is 4. The summed E-state index contributed by atoms with van der Waals surface area (Å²) in [4.78, 5) is 0. The molecule has 3 nitrogen and oxygen atoms in total. The van der Waals surface area contributed by atoms with Crippen molar-refractivity contribution < 1.29 is 13.2 Å². The number of benzene rings is 1. The van der Waals surface area contributed by atoms with Gasteiger partial charge in [-0.05, 0) is 18.2 Å². The molecule has 8 heteroatoms. The van der Waals surface area contributed by atoms with Gasteiger partial charge in [-0.15, -0.1) is 16.7 Å². The first-order valence-corrected chi connectivity index (χ1v) is 6.59. The Kier molecular flexibility index (Phi) is 4.15. The van der Waals surface area contributed by atoms with Crippen molar-refractivity contribution in [3.05, 3.63) is 40.1 Å². The molecule has 19 heavy (non-hydrogen) atoms. The Balaban J connectivity index is 2.48. The minimum absolute atomic E-state index is 0.0657. The molecule has 0 radical (unpaired) electrons. The first-order chi connectivity index (χ1) is 8.91. The molecule has 0 aliphatic heterocycles. The van der Waals surface area contributed by atoms with Gasteiger partial charge in [0.2, 0.25) is 0 Å². The molecule has 0 fully saturated rings. The summed E-state index contributed by atoms with van der Waals surface area (Å²) in [5.74, 6) is 0.338.